The number of nitrogens with zero attached hydrogens (tertiary/aromatic N) is 2. The molecule has 0 bridgehead atoms. The van der Waals surface area contributed by atoms with Crippen LogP contribution in [0.2, 0.25) is 0 Å². The molecule has 0 saturated heterocycles. The lowest BCUT2D eigenvalue weighted by Crippen LogP contribution is -2.28. The van der Waals surface area contributed by atoms with Crippen molar-refractivity contribution >= 4 is 10.8 Å². The van der Waals surface area contributed by atoms with E-state index in [1.54, 1.807) is 6.20 Å². The molecule has 0 atom stereocenters. The Bertz CT molecular complexity index is 533. The summed E-state index contributed by atoms with van der Waals surface area (Å²) < 4.78 is 1.50. The molecule has 2 rings (SSSR count). The second-order valence-corrected chi connectivity index (χ2v) is 3.61. The highest BCUT2D eigenvalue weighted by atomic mass is 16.1. The summed E-state index contributed by atoms with van der Waals surface area (Å²) in [6.45, 7) is 4.32. The molecule has 0 unspecified atom stereocenters. The molecule has 84 valence electrons. The molecule has 2 aromatic rings. The number of rotatable bonds is 4. The predicted molar refractivity (Wildman–Crippen MR) is 64.5 cm³/mol. The Hall–Kier alpha value is -1.68. The van der Waals surface area contributed by atoms with Gasteiger partial charge in [-0.2, -0.15) is 5.10 Å². The Morgan fingerprint density at radius 2 is 2.19 bits per heavy atom. The van der Waals surface area contributed by atoms with Crippen LogP contribution >= 0.6 is 0 Å². The topological polar surface area (TPSA) is 46.9 Å². The molecular weight excluding hydrogens is 202 g/mol. The van der Waals surface area contributed by atoms with Crippen LogP contribution in [-0.2, 0) is 6.54 Å². The molecule has 0 saturated carbocycles. The summed E-state index contributed by atoms with van der Waals surface area (Å²) in [4.78, 5) is 12.0. The van der Waals surface area contributed by atoms with Crippen molar-refractivity contribution in [3.63, 3.8) is 0 Å². The van der Waals surface area contributed by atoms with E-state index in [1.165, 1.54) is 4.68 Å². The standard InChI is InChI=1S/C12H15N3O/c1-2-13-7-8-15-12(16)11-6-4-3-5-10(11)9-14-15/h3-6,9,13H,2,7-8H2,1H3. The molecule has 0 spiro atoms. The van der Waals surface area contributed by atoms with Crippen LogP contribution in [0.5, 0.6) is 0 Å². The highest BCUT2D eigenvalue weighted by molar-refractivity contribution is 5.80. The Balaban J connectivity index is 2.33. The smallest absolute Gasteiger partial charge is 0.274 e. The number of fused-ring (bicyclic) bond motifs is 1. The van der Waals surface area contributed by atoms with Crippen molar-refractivity contribution in [2.45, 2.75) is 13.5 Å². The van der Waals surface area contributed by atoms with Gasteiger partial charge in [-0.15, -0.1) is 0 Å². The SMILES string of the molecule is CCNCCn1ncc2ccccc2c1=O. The maximum atomic E-state index is 12.0. The van der Waals surface area contributed by atoms with Gasteiger partial charge in [0.1, 0.15) is 0 Å². The summed E-state index contributed by atoms with van der Waals surface area (Å²) in [5.74, 6) is 0. The van der Waals surface area contributed by atoms with Crippen molar-refractivity contribution in [3.05, 3.63) is 40.8 Å². The minimum Gasteiger partial charge on any atom is -0.315 e. The molecule has 0 aliphatic heterocycles. The second-order valence-electron chi connectivity index (χ2n) is 3.61. The first-order chi connectivity index (χ1) is 7.83. The average Bonchev–Trinajstić information content (AvgIpc) is 2.33. The Morgan fingerprint density at radius 3 is 3.00 bits per heavy atom. The first-order valence-electron chi connectivity index (χ1n) is 5.48. The molecule has 1 N–H and O–H groups in total. The quantitative estimate of drug-likeness (QED) is 0.777. The molecule has 4 heteroatoms. The van der Waals surface area contributed by atoms with Crippen LogP contribution in [0.15, 0.2) is 35.3 Å². The van der Waals surface area contributed by atoms with Crippen molar-refractivity contribution in [2.24, 2.45) is 0 Å². The van der Waals surface area contributed by atoms with Crippen molar-refractivity contribution in [2.75, 3.05) is 13.1 Å². The first-order valence-corrected chi connectivity index (χ1v) is 5.48. The van der Waals surface area contributed by atoms with E-state index < -0.39 is 0 Å². The summed E-state index contributed by atoms with van der Waals surface area (Å²) in [6.07, 6.45) is 1.74. The fourth-order valence-corrected chi connectivity index (χ4v) is 1.65. The molecular formula is C12H15N3O. The lowest BCUT2D eigenvalue weighted by atomic mass is 10.2. The van der Waals surface area contributed by atoms with Crippen LogP contribution in [0.25, 0.3) is 10.8 Å². The maximum Gasteiger partial charge on any atom is 0.274 e. The van der Waals surface area contributed by atoms with Gasteiger partial charge in [-0.25, -0.2) is 4.68 Å². The molecule has 0 aliphatic rings. The first kappa shape index (κ1) is 10.8. The molecule has 0 radical (unpaired) electrons. The van der Waals surface area contributed by atoms with Crippen molar-refractivity contribution in [3.8, 4) is 0 Å². The zero-order valence-corrected chi connectivity index (χ0v) is 9.31. The number of likely N-dealkylation sites (N-methyl/N-ethyl adjacent to an activating group) is 1. The molecule has 0 fully saturated rings. The number of aromatic nitrogens is 2. The molecule has 16 heavy (non-hydrogen) atoms. The van der Waals surface area contributed by atoms with E-state index in [-0.39, 0.29) is 5.56 Å². The highest BCUT2D eigenvalue weighted by Crippen LogP contribution is 2.05. The van der Waals surface area contributed by atoms with Gasteiger partial charge in [0.15, 0.2) is 0 Å². The number of hydrogen-bond donors (Lipinski definition) is 1. The number of nitrogens with one attached hydrogen (secondary N) is 1. The fourth-order valence-electron chi connectivity index (χ4n) is 1.65. The third-order valence-electron chi connectivity index (χ3n) is 2.51. The summed E-state index contributed by atoms with van der Waals surface area (Å²) in [6, 6.07) is 7.52. The van der Waals surface area contributed by atoms with Crippen molar-refractivity contribution in [1.29, 1.82) is 0 Å². The van der Waals surface area contributed by atoms with Gasteiger partial charge in [-0.3, -0.25) is 4.79 Å². The van der Waals surface area contributed by atoms with Crippen molar-refractivity contribution < 1.29 is 0 Å². The summed E-state index contributed by atoms with van der Waals surface area (Å²) >= 11 is 0. The van der Waals surface area contributed by atoms with Gasteiger partial charge in [-0.05, 0) is 12.6 Å². The Kier molecular flexibility index (Phi) is 3.31. The van der Waals surface area contributed by atoms with E-state index in [1.807, 2.05) is 31.2 Å². The van der Waals surface area contributed by atoms with E-state index >= 15 is 0 Å². The van der Waals surface area contributed by atoms with Gasteiger partial charge < -0.3 is 5.32 Å². The molecule has 0 aliphatic carbocycles. The largest absolute Gasteiger partial charge is 0.315 e. The highest BCUT2D eigenvalue weighted by Gasteiger charge is 2.02. The predicted octanol–water partition coefficient (Wildman–Crippen LogP) is 1.01. The van der Waals surface area contributed by atoms with E-state index in [4.69, 9.17) is 0 Å². The Morgan fingerprint density at radius 1 is 1.38 bits per heavy atom. The molecule has 1 aromatic heterocycles. The Labute approximate surface area is 93.9 Å². The second kappa shape index (κ2) is 4.90. The summed E-state index contributed by atoms with van der Waals surface area (Å²) in [5.41, 5.74) is -0.0176. The fraction of sp³-hybridized carbons (Fsp3) is 0.333. The molecule has 0 amide bonds. The third-order valence-corrected chi connectivity index (χ3v) is 2.51. The molecule has 1 heterocycles. The monoisotopic (exact) mass is 217 g/mol. The summed E-state index contributed by atoms with van der Waals surface area (Å²) in [5, 5.41) is 8.94. The molecule has 4 nitrogen and oxygen atoms in total. The lowest BCUT2D eigenvalue weighted by Gasteiger charge is -2.05. The van der Waals surface area contributed by atoms with E-state index in [0.717, 1.165) is 23.9 Å². The minimum absolute atomic E-state index is 0.0176. The van der Waals surface area contributed by atoms with Gasteiger partial charge >= 0.3 is 0 Å². The van der Waals surface area contributed by atoms with Gasteiger partial charge in [0.05, 0.1) is 18.1 Å². The van der Waals surface area contributed by atoms with Gasteiger partial charge in [0.2, 0.25) is 0 Å². The zero-order valence-electron chi connectivity index (χ0n) is 9.31. The van der Waals surface area contributed by atoms with Crippen molar-refractivity contribution in [1.82, 2.24) is 15.1 Å². The number of benzene rings is 1. The molecule has 1 aromatic carbocycles. The van der Waals surface area contributed by atoms with Crippen LogP contribution in [0, 0.1) is 0 Å². The van der Waals surface area contributed by atoms with E-state index in [2.05, 4.69) is 10.4 Å². The van der Waals surface area contributed by atoms with Gasteiger partial charge in [-0.1, -0.05) is 25.1 Å². The normalized spacial score (nSPS) is 10.8. The van der Waals surface area contributed by atoms with Crippen LogP contribution in [0.1, 0.15) is 6.92 Å². The van der Waals surface area contributed by atoms with Gasteiger partial charge in [0, 0.05) is 11.9 Å². The van der Waals surface area contributed by atoms with Gasteiger partial charge in [0.25, 0.3) is 5.56 Å². The third kappa shape index (κ3) is 2.12. The van der Waals surface area contributed by atoms with Crippen LogP contribution in [0.3, 0.4) is 0 Å². The zero-order chi connectivity index (χ0) is 11.4. The number of hydrogen-bond acceptors (Lipinski definition) is 3. The van der Waals surface area contributed by atoms with Crippen LogP contribution in [0.4, 0.5) is 0 Å². The summed E-state index contributed by atoms with van der Waals surface area (Å²) in [7, 11) is 0. The lowest BCUT2D eigenvalue weighted by molar-refractivity contribution is 0.544. The van der Waals surface area contributed by atoms with E-state index in [0.29, 0.717) is 6.54 Å². The maximum absolute atomic E-state index is 12.0. The van der Waals surface area contributed by atoms with E-state index in [9.17, 15) is 4.79 Å². The average molecular weight is 217 g/mol. The van der Waals surface area contributed by atoms with Crippen LogP contribution in [-0.4, -0.2) is 22.9 Å². The minimum atomic E-state index is -0.0176. The van der Waals surface area contributed by atoms with Crippen LogP contribution < -0.4 is 10.9 Å².